The maximum Gasteiger partial charge on any atom is 0.140 e. The first-order chi connectivity index (χ1) is 8.31. The standard InChI is InChI=1S/C13H17N3S/c1-17-13-4-2-3-10(7-13)16-12-6-5-11(8-14)15-9-12/h5-6,9-10,13,16H,2-4,7H2,1H3/t10-,13+/m1/s1. The third-order valence-corrected chi connectivity index (χ3v) is 4.30. The Morgan fingerprint density at radius 2 is 2.35 bits per heavy atom. The van der Waals surface area contributed by atoms with Crippen LogP contribution in [0.2, 0.25) is 0 Å². The van der Waals surface area contributed by atoms with E-state index in [1.54, 1.807) is 12.3 Å². The Balaban J connectivity index is 1.93. The van der Waals surface area contributed by atoms with Crippen LogP contribution in [0.15, 0.2) is 18.3 Å². The molecule has 0 aliphatic heterocycles. The fraction of sp³-hybridized carbons (Fsp3) is 0.538. The molecule has 0 spiro atoms. The van der Waals surface area contributed by atoms with Gasteiger partial charge in [-0.1, -0.05) is 6.42 Å². The van der Waals surface area contributed by atoms with Gasteiger partial charge in [-0.25, -0.2) is 4.98 Å². The zero-order chi connectivity index (χ0) is 12.1. The minimum atomic E-state index is 0.473. The van der Waals surface area contributed by atoms with Crippen molar-refractivity contribution < 1.29 is 0 Å². The van der Waals surface area contributed by atoms with Gasteiger partial charge in [-0.3, -0.25) is 0 Å². The van der Waals surface area contributed by atoms with E-state index in [1.807, 2.05) is 23.9 Å². The van der Waals surface area contributed by atoms with Crippen LogP contribution in [-0.4, -0.2) is 22.5 Å². The second kappa shape index (κ2) is 5.92. The summed E-state index contributed by atoms with van der Waals surface area (Å²) in [7, 11) is 0. The van der Waals surface area contributed by atoms with E-state index in [1.165, 1.54) is 25.7 Å². The van der Waals surface area contributed by atoms with Gasteiger partial charge in [0.25, 0.3) is 0 Å². The summed E-state index contributed by atoms with van der Waals surface area (Å²) in [6, 6.07) is 6.28. The van der Waals surface area contributed by atoms with Crippen molar-refractivity contribution in [1.29, 1.82) is 5.26 Å². The van der Waals surface area contributed by atoms with Crippen LogP contribution in [0.4, 0.5) is 5.69 Å². The molecule has 2 atom stereocenters. The Kier molecular flexibility index (Phi) is 4.27. The van der Waals surface area contributed by atoms with E-state index >= 15 is 0 Å². The van der Waals surface area contributed by atoms with Gasteiger partial charge >= 0.3 is 0 Å². The van der Waals surface area contributed by atoms with E-state index in [-0.39, 0.29) is 0 Å². The molecule has 0 unspecified atom stereocenters. The molecule has 1 saturated carbocycles. The van der Waals surface area contributed by atoms with Crippen molar-refractivity contribution in [2.24, 2.45) is 0 Å². The molecule has 1 aromatic heterocycles. The number of thioether (sulfide) groups is 1. The van der Waals surface area contributed by atoms with Crippen LogP contribution >= 0.6 is 11.8 Å². The number of hydrogen-bond acceptors (Lipinski definition) is 4. The van der Waals surface area contributed by atoms with Crippen molar-refractivity contribution in [3.8, 4) is 6.07 Å². The third kappa shape index (κ3) is 3.37. The molecule has 1 N–H and O–H groups in total. The molecule has 1 aliphatic rings. The van der Waals surface area contributed by atoms with Gasteiger partial charge in [0.1, 0.15) is 11.8 Å². The average molecular weight is 247 g/mol. The summed E-state index contributed by atoms with van der Waals surface area (Å²) >= 11 is 1.97. The van der Waals surface area contributed by atoms with E-state index < -0.39 is 0 Å². The highest BCUT2D eigenvalue weighted by Gasteiger charge is 2.20. The Labute approximate surface area is 107 Å². The molecule has 0 radical (unpaired) electrons. The minimum Gasteiger partial charge on any atom is -0.381 e. The van der Waals surface area contributed by atoms with Gasteiger partial charge in [-0.15, -0.1) is 0 Å². The predicted molar refractivity (Wildman–Crippen MR) is 72.1 cm³/mol. The summed E-state index contributed by atoms with van der Waals surface area (Å²) in [6.45, 7) is 0. The number of rotatable bonds is 3. The second-order valence-electron chi connectivity index (χ2n) is 4.41. The summed E-state index contributed by atoms with van der Waals surface area (Å²) in [5.41, 5.74) is 1.50. The zero-order valence-electron chi connectivity index (χ0n) is 10.0. The molecule has 4 heteroatoms. The molecule has 90 valence electrons. The van der Waals surface area contributed by atoms with Crippen LogP contribution in [0.1, 0.15) is 31.4 Å². The Morgan fingerprint density at radius 3 is 3.00 bits per heavy atom. The molecule has 0 amide bonds. The highest BCUT2D eigenvalue weighted by atomic mass is 32.2. The third-order valence-electron chi connectivity index (χ3n) is 3.21. The highest BCUT2D eigenvalue weighted by molar-refractivity contribution is 7.99. The van der Waals surface area contributed by atoms with Crippen LogP contribution in [-0.2, 0) is 0 Å². The maximum atomic E-state index is 8.68. The van der Waals surface area contributed by atoms with Crippen molar-refractivity contribution in [3.63, 3.8) is 0 Å². The summed E-state index contributed by atoms with van der Waals surface area (Å²) in [5, 5.41) is 13.0. The number of aromatic nitrogens is 1. The number of nitrogens with zero attached hydrogens (tertiary/aromatic N) is 2. The maximum absolute atomic E-state index is 8.68. The summed E-state index contributed by atoms with van der Waals surface area (Å²) in [6.07, 6.45) is 9.04. The van der Waals surface area contributed by atoms with Gasteiger partial charge in [-0.2, -0.15) is 17.0 Å². The number of hydrogen-bond donors (Lipinski definition) is 1. The molecule has 17 heavy (non-hydrogen) atoms. The van der Waals surface area contributed by atoms with Gasteiger partial charge in [0.15, 0.2) is 0 Å². The summed E-state index contributed by atoms with van der Waals surface area (Å²) in [4.78, 5) is 4.07. The molecule has 1 aromatic rings. The van der Waals surface area contributed by atoms with Crippen LogP contribution in [0.3, 0.4) is 0 Å². The topological polar surface area (TPSA) is 48.7 Å². The predicted octanol–water partition coefficient (Wildman–Crippen LogP) is 3.04. The molecule has 3 nitrogen and oxygen atoms in total. The van der Waals surface area contributed by atoms with Gasteiger partial charge in [-0.05, 0) is 37.7 Å². The van der Waals surface area contributed by atoms with Crippen LogP contribution < -0.4 is 5.32 Å². The molecule has 1 heterocycles. The Bertz CT molecular complexity index is 396. The van der Waals surface area contributed by atoms with Crippen molar-refractivity contribution >= 4 is 17.4 Å². The van der Waals surface area contributed by atoms with Crippen molar-refractivity contribution in [2.45, 2.75) is 37.0 Å². The van der Waals surface area contributed by atoms with Gasteiger partial charge in [0.2, 0.25) is 0 Å². The SMILES string of the molecule is CS[C@H]1CCC[C@@H](Nc2ccc(C#N)nc2)C1. The molecule has 0 bridgehead atoms. The van der Waals surface area contributed by atoms with Gasteiger partial charge < -0.3 is 5.32 Å². The fourth-order valence-electron chi connectivity index (χ4n) is 2.27. The fourth-order valence-corrected chi connectivity index (χ4v) is 3.10. The number of anilines is 1. The molecule has 0 saturated heterocycles. The first kappa shape index (κ1) is 12.3. The quantitative estimate of drug-likeness (QED) is 0.892. The van der Waals surface area contributed by atoms with Gasteiger partial charge in [0.05, 0.1) is 11.9 Å². The number of nitrogens with one attached hydrogen (secondary N) is 1. The molecular weight excluding hydrogens is 230 g/mol. The van der Waals surface area contributed by atoms with Crippen LogP contribution in [0.25, 0.3) is 0 Å². The lowest BCUT2D eigenvalue weighted by Crippen LogP contribution is -2.28. The summed E-state index contributed by atoms with van der Waals surface area (Å²) < 4.78 is 0. The summed E-state index contributed by atoms with van der Waals surface area (Å²) in [5.74, 6) is 0. The average Bonchev–Trinajstić information content (AvgIpc) is 2.40. The molecule has 0 aromatic carbocycles. The van der Waals surface area contributed by atoms with Crippen molar-refractivity contribution in [1.82, 2.24) is 4.98 Å². The zero-order valence-corrected chi connectivity index (χ0v) is 10.8. The highest BCUT2D eigenvalue weighted by Crippen LogP contribution is 2.28. The van der Waals surface area contributed by atoms with Crippen molar-refractivity contribution in [3.05, 3.63) is 24.0 Å². The minimum absolute atomic E-state index is 0.473. The van der Waals surface area contributed by atoms with E-state index in [0.717, 1.165) is 10.9 Å². The van der Waals surface area contributed by atoms with E-state index in [9.17, 15) is 0 Å². The monoisotopic (exact) mass is 247 g/mol. The molecular formula is C13H17N3S. The first-order valence-electron chi connectivity index (χ1n) is 5.97. The largest absolute Gasteiger partial charge is 0.381 e. The molecule has 1 aliphatic carbocycles. The lowest BCUT2D eigenvalue weighted by Gasteiger charge is -2.29. The lowest BCUT2D eigenvalue weighted by atomic mass is 9.95. The van der Waals surface area contributed by atoms with Crippen LogP contribution in [0, 0.1) is 11.3 Å². The first-order valence-corrected chi connectivity index (χ1v) is 7.26. The second-order valence-corrected chi connectivity index (χ2v) is 5.55. The molecule has 1 fully saturated rings. The van der Waals surface area contributed by atoms with E-state index in [0.29, 0.717) is 11.7 Å². The van der Waals surface area contributed by atoms with Crippen molar-refractivity contribution in [2.75, 3.05) is 11.6 Å². The lowest BCUT2D eigenvalue weighted by molar-refractivity contribution is 0.473. The number of pyridine rings is 1. The van der Waals surface area contributed by atoms with Gasteiger partial charge in [0, 0.05) is 11.3 Å². The van der Waals surface area contributed by atoms with E-state index in [2.05, 4.69) is 16.6 Å². The normalized spacial score (nSPS) is 24.0. The Hall–Kier alpha value is -1.21. The molecule has 2 rings (SSSR count). The van der Waals surface area contributed by atoms with Crippen LogP contribution in [0.5, 0.6) is 0 Å². The Morgan fingerprint density at radius 1 is 1.47 bits per heavy atom. The smallest absolute Gasteiger partial charge is 0.140 e. The van der Waals surface area contributed by atoms with E-state index in [4.69, 9.17) is 5.26 Å². The number of nitriles is 1.